The summed E-state index contributed by atoms with van der Waals surface area (Å²) < 4.78 is 16.5. The van der Waals surface area contributed by atoms with Crippen LogP contribution in [0.1, 0.15) is 11.1 Å². The fraction of sp³-hybridized carbons (Fsp3) is 0.125. The number of nitrogens with zero attached hydrogens (tertiary/aromatic N) is 1. The number of hydrogen-bond acceptors (Lipinski definition) is 6. The fourth-order valence-electron chi connectivity index (χ4n) is 3.25. The Morgan fingerprint density at radius 2 is 1.81 bits per heavy atom. The van der Waals surface area contributed by atoms with Gasteiger partial charge >= 0.3 is 5.69 Å². The number of nitro benzene ring substituents is 1. The molecule has 0 N–H and O–H groups in total. The number of ether oxygens (including phenoxy) is 2. The van der Waals surface area contributed by atoms with Gasteiger partial charge in [0, 0.05) is 12.1 Å². The maximum Gasteiger partial charge on any atom is 0.311 e. The average molecular weight is 417 g/mol. The molecule has 0 spiro atoms. The third-order valence-corrected chi connectivity index (χ3v) is 4.96. The zero-order valence-corrected chi connectivity index (χ0v) is 17.0. The third kappa shape index (κ3) is 4.11. The summed E-state index contributed by atoms with van der Waals surface area (Å²) in [6, 6.07) is 17.4. The van der Waals surface area contributed by atoms with Gasteiger partial charge in [0.15, 0.2) is 11.2 Å². The summed E-state index contributed by atoms with van der Waals surface area (Å²) in [6.07, 6.45) is 1.31. The first-order valence-electron chi connectivity index (χ1n) is 9.53. The van der Waals surface area contributed by atoms with Gasteiger partial charge in [-0.3, -0.25) is 14.9 Å². The average Bonchev–Trinajstić information content (AvgIpc) is 2.78. The van der Waals surface area contributed by atoms with E-state index in [9.17, 15) is 14.9 Å². The van der Waals surface area contributed by atoms with Crippen LogP contribution < -0.4 is 14.9 Å². The summed E-state index contributed by atoms with van der Waals surface area (Å²) in [4.78, 5) is 23.7. The Hall–Kier alpha value is -4.13. The molecule has 7 heteroatoms. The Bertz CT molecular complexity index is 1320. The van der Waals surface area contributed by atoms with Crippen molar-refractivity contribution in [3.8, 4) is 22.6 Å². The summed E-state index contributed by atoms with van der Waals surface area (Å²) >= 11 is 0. The lowest BCUT2D eigenvalue weighted by Crippen LogP contribution is -2.05. The fourth-order valence-corrected chi connectivity index (χ4v) is 3.25. The number of hydrogen-bond donors (Lipinski definition) is 0. The summed E-state index contributed by atoms with van der Waals surface area (Å²) in [7, 11) is 1.35. The molecule has 3 aromatic carbocycles. The van der Waals surface area contributed by atoms with Gasteiger partial charge in [-0.15, -0.1) is 0 Å². The molecule has 0 atom stereocenters. The van der Waals surface area contributed by atoms with Crippen molar-refractivity contribution in [1.29, 1.82) is 0 Å². The van der Waals surface area contributed by atoms with Crippen LogP contribution in [0.2, 0.25) is 0 Å². The van der Waals surface area contributed by atoms with Crippen LogP contribution in [-0.2, 0) is 6.61 Å². The van der Waals surface area contributed by atoms with Crippen molar-refractivity contribution < 1.29 is 18.8 Å². The molecule has 7 nitrogen and oxygen atoms in total. The first-order valence-corrected chi connectivity index (χ1v) is 9.53. The Morgan fingerprint density at radius 1 is 1.03 bits per heavy atom. The van der Waals surface area contributed by atoms with Crippen LogP contribution in [0.15, 0.2) is 76.1 Å². The number of rotatable bonds is 6. The van der Waals surface area contributed by atoms with Crippen molar-refractivity contribution >= 4 is 16.7 Å². The summed E-state index contributed by atoms with van der Waals surface area (Å²) in [5.74, 6) is 0.693. The van der Waals surface area contributed by atoms with Crippen molar-refractivity contribution in [2.75, 3.05) is 7.11 Å². The largest absolute Gasteiger partial charge is 0.490 e. The van der Waals surface area contributed by atoms with E-state index in [1.165, 1.54) is 31.1 Å². The molecule has 1 heterocycles. The minimum Gasteiger partial charge on any atom is -0.490 e. The summed E-state index contributed by atoms with van der Waals surface area (Å²) in [5.41, 5.74) is 2.68. The van der Waals surface area contributed by atoms with Gasteiger partial charge in [-0.1, -0.05) is 29.8 Å². The van der Waals surface area contributed by atoms with E-state index in [0.717, 1.165) is 5.56 Å². The minimum atomic E-state index is -0.553. The van der Waals surface area contributed by atoms with Crippen molar-refractivity contribution in [2.45, 2.75) is 13.5 Å². The molecule has 0 aliphatic carbocycles. The zero-order chi connectivity index (χ0) is 22.0. The highest BCUT2D eigenvalue weighted by Gasteiger charge is 2.18. The Kier molecular flexibility index (Phi) is 5.41. The number of benzene rings is 3. The SMILES string of the molecule is COc1ccc(-c2coc3cc(OCc4ccc(C)cc4)ccc3c2=O)cc1[N+](=O)[O-]. The van der Waals surface area contributed by atoms with E-state index in [-0.39, 0.29) is 22.4 Å². The molecule has 0 unspecified atom stereocenters. The quantitative estimate of drug-likeness (QED) is 0.314. The van der Waals surface area contributed by atoms with Gasteiger partial charge in [-0.2, -0.15) is 0 Å². The normalized spacial score (nSPS) is 10.8. The first-order chi connectivity index (χ1) is 15.0. The molecular formula is C24H19NO6. The van der Waals surface area contributed by atoms with E-state index in [0.29, 0.717) is 28.9 Å². The summed E-state index contributed by atoms with van der Waals surface area (Å²) in [5, 5.41) is 11.6. The van der Waals surface area contributed by atoms with Crippen LogP contribution in [0.5, 0.6) is 11.5 Å². The second-order valence-corrected chi connectivity index (χ2v) is 7.05. The van der Waals surface area contributed by atoms with Gasteiger partial charge < -0.3 is 13.9 Å². The van der Waals surface area contributed by atoms with Gasteiger partial charge in [-0.25, -0.2) is 0 Å². The Balaban J connectivity index is 1.65. The lowest BCUT2D eigenvalue weighted by Gasteiger charge is -2.08. The topological polar surface area (TPSA) is 91.8 Å². The standard InChI is InChI=1S/C24H19NO6/c1-15-3-5-16(6-4-15)13-30-18-8-9-19-23(12-18)31-14-20(24(19)26)17-7-10-22(29-2)21(11-17)25(27)28/h3-12,14H,13H2,1-2H3. The molecule has 156 valence electrons. The van der Waals surface area contributed by atoms with E-state index in [1.807, 2.05) is 31.2 Å². The van der Waals surface area contributed by atoms with Crippen molar-refractivity contribution in [3.05, 3.63) is 98.4 Å². The Morgan fingerprint density at radius 3 is 2.52 bits per heavy atom. The van der Waals surface area contributed by atoms with Gasteiger partial charge in [0.2, 0.25) is 0 Å². The number of nitro groups is 1. The molecular weight excluding hydrogens is 398 g/mol. The first kappa shape index (κ1) is 20.2. The maximum atomic E-state index is 13.0. The molecule has 0 aliphatic heterocycles. The molecule has 0 fully saturated rings. The van der Waals surface area contributed by atoms with Gasteiger partial charge in [0.05, 0.1) is 23.0 Å². The van der Waals surface area contributed by atoms with Crippen LogP contribution in [0, 0.1) is 17.0 Å². The van der Waals surface area contributed by atoms with Crippen LogP contribution in [-0.4, -0.2) is 12.0 Å². The number of aryl methyl sites for hydroxylation is 1. The molecule has 0 aliphatic rings. The lowest BCUT2D eigenvalue weighted by atomic mass is 10.0. The molecule has 0 radical (unpaired) electrons. The highest BCUT2D eigenvalue weighted by Crippen LogP contribution is 2.32. The predicted molar refractivity (Wildman–Crippen MR) is 117 cm³/mol. The van der Waals surface area contributed by atoms with Crippen LogP contribution in [0.4, 0.5) is 5.69 Å². The van der Waals surface area contributed by atoms with E-state index in [2.05, 4.69) is 0 Å². The zero-order valence-electron chi connectivity index (χ0n) is 17.0. The maximum absolute atomic E-state index is 13.0. The van der Waals surface area contributed by atoms with Crippen molar-refractivity contribution in [2.24, 2.45) is 0 Å². The third-order valence-electron chi connectivity index (χ3n) is 4.96. The summed E-state index contributed by atoms with van der Waals surface area (Å²) in [6.45, 7) is 2.41. The molecule has 0 saturated heterocycles. The van der Waals surface area contributed by atoms with E-state index >= 15 is 0 Å². The Labute approximate surface area is 177 Å². The molecule has 4 aromatic rings. The van der Waals surface area contributed by atoms with Crippen LogP contribution in [0.25, 0.3) is 22.1 Å². The molecule has 0 saturated carbocycles. The van der Waals surface area contributed by atoms with E-state index in [4.69, 9.17) is 13.9 Å². The lowest BCUT2D eigenvalue weighted by molar-refractivity contribution is -0.385. The highest BCUT2D eigenvalue weighted by atomic mass is 16.6. The van der Waals surface area contributed by atoms with Gasteiger partial charge in [0.25, 0.3) is 0 Å². The number of fused-ring (bicyclic) bond motifs is 1. The van der Waals surface area contributed by atoms with Gasteiger partial charge in [0.1, 0.15) is 24.2 Å². The molecule has 4 rings (SSSR count). The molecule has 0 bridgehead atoms. The molecule has 0 amide bonds. The second-order valence-electron chi connectivity index (χ2n) is 7.05. The van der Waals surface area contributed by atoms with Crippen molar-refractivity contribution in [1.82, 2.24) is 0 Å². The number of methoxy groups -OCH3 is 1. The van der Waals surface area contributed by atoms with Crippen LogP contribution in [0.3, 0.4) is 0 Å². The monoisotopic (exact) mass is 417 g/mol. The smallest absolute Gasteiger partial charge is 0.311 e. The van der Waals surface area contributed by atoms with Crippen molar-refractivity contribution in [3.63, 3.8) is 0 Å². The highest BCUT2D eigenvalue weighted by molar-refractivity contribution is 5.83. The molecule has 1 aromatic heterocycles. The van der Waals surface area contributed by atoms with Gasteiger partial charge in [-0.05, 0) is 42.3 Å². The van der Waals surface area contributed by atoms with Crippen LogP contribution >= 0.6 is 0 Å². The minimum absolute atomic E-state index is 0.120. The van der Waals surface area contributed by atoms with E-state index < -0.39 is 4.92 Å². The van der Waals surface area contributed by atoms with E-state index in [1.54, 1.807) is 24.3 Å². The molecule has 31 heavy (non-hydrogen) atoms. The second kappa shape index (κ2) is 8.31. The predicted octanol–water partition coefficient (Wildman–Crippen LogP) is 5.26.